The van der Waals surface area contributed by atoms with Crippen molar-refractivity contribution in [3.05, 3.63) is 24.0 Å². The fourth-order valence-corrected chi connectivity index (χ4v) is 4.04. The van der Waals surface area contributed by atoms with Crippen LogP contribution in [0.4, 0.5) is 5.69 Å². The third-order valence-electron chi connectivity index (χ3n) is 3.94. The van der Waals surface area contributed by atoms with Crippen molar-refractivity contribution in [2.45, 2.75) is 45.1 Å². The minimum Gasteiger partial charge on any atom is -0.399 e. The number of aromatic nitrogens is 2. The highest BCUT2D eigenvalue weighted by atomic mass is 32.2. The van der Waals surface area contributed by atoms with Crippen LogP contribution in [-0.4, -0.2) is 21.1 Å². The van der Waals surface area contributed by atoms with E-state index < -0.39 is 0 Å². The second-order valence-electron chi connectivity index (χ2n) is 6.65. The van der Waals surface area contributed by atoms with Gasteiger partial charge in [0.05, 0.1) is 11.0 Å². The number of nitrogen functional groups attached to an aromatic ring is 1. The minimum absolute atomic E-state index is 0.0539. The van der Waals surface area contributed by atoms with Crippen LogP contribution in [0.1, 0.15) is 45.5 Å². The predicted molar refractivity (Wildman–Crippen MR) is 88.4 cm³/mol. The molecule has 4 heteroatoms. The van der Waals surface area contributed by atoms with E-state index >= 15 is 0 Å². The number of thioether (sulfide) groups is 1. The molecule has 20 heavy (non-hydrogen) atoms. The molecule has 0 unspecified atom stereocenters. The summed E-state index contributed by atoms with van der Waals surface area (Å²) in [4.78, 5) is 4.90. The summed E-state index contributed by atoms with van der Waals surface area (Å²) in [6.07, 6.45) is 2.48. The van der Waals surface area contributed by atoms with Crippen LogP contribution < -0.4 is 5.73 Å². The van der Waals surface area contributed by atoms with Crippen molar-refractivity contribution in [1.82, 2.24) is 9.55 Å². The zero-order valence-electron chi connectivity index (χ0n) is 12.5. The molecule has 1 aliphatic heterocycles. The predicted octanol–water partition coefficient (Wildman–Crippen LogP) is 3.98. The maximum atomic E-state index is 5.92. The summed E-state index contributed by atoms with van der Waals surface area (Å²) in [5.74, 6) is 3.70. The number of anilines is 1. The highest BCUT2D eigenvalue weighted by Crippen LogP contribution is 2.35. The van der Waals surface area contributed by atoms with E-state index in [1.54, 1.807) is 0 Å². The largest absolute Gasteiger partial charge is 0.399 e. The van der Waals surface area contributed by atoms with Gasteiger partial charge in [-0.1, -0.05) is 20.8 Å². The monoisotopic (exact) mass is 289 g/mol. The van der Waals surface area contributed by atoms with E-state index in [-0.39, 0.29) is 5.41 Å². The average molecular weight is 289 g/mol. The van der Waals surface area contributed by atoms with Gasteiger partial charge in [-0.3, -0.25) is 0 Å². The molecule has 1 aromatic carbocycles. The van der Waals surface area contributed by atoms with Crippen LogP contribution in [0.3, 0.4) is 0 Å². The lowest BCUT2D eigenvalue weighted by molar-refractivity contribution is 0.420. The normalized spacial score (nSPS) is 17.8. The fraction of sp³-hybridized carbons (Fsp3) is 0.562. The van der Waals surface area contributed by atoms with E-state index in [0.29, 0.717) is 6.04 Å². The van der Waals surface area contributed by atoms with Gasteiger partial charge in [-0.05, 0) is 42.5 Å². The highest BCUT2D eigenvalue weighted by Gasteiger charge is 2.27. The Morgan fingerprint density at radius 1 is 1.25 bits per heavy atom. The molecule has 0 aliphatic carbocycles. The van der Waals surface area contributed by atoms with Gasteiger partial charge in [0.1, 0.15) is 5.82 Å². The number of nitrogens with two attached hydrogens (primary N) is 1. The Morgan fingerprint density at radius 2 is 1.95 bits per heavy atom. The lowest BCUT2D eigenvalue weighted by Gasteiger charge is -2.29. The van der Waals surface area contributed by atoms with Gasteiger partial charge in [-0.2, -0.15) is 11.8 Å². The van der Waals surface area contributed by atoms with Crippen LogP contribution in [-0.2, 0) is 5.41 Å². The standard InChI is InChI=1S/C16H23N3S/c1-16(2,3)15-18-13-10-11(17)4-5-14(13)19(15)12-6-8-20-9-7-12/h4-5,10,12H,6-9,17H2,1-3H3. The van der Waals surface area contributed by atoms with Crippen molar-refractivity contribution >= 4 is 28.5 Å². The molecular weight excluding hydrogens is 266 g/mol. The lowest BCUT2D eigenvalue weighted by Crippen LogP contribution is -2.24. The first-order valence-corrected chi connectivity index (χ1v) is 8.48. The molecule has 0 radical (unpaired) electrons. The summed E-state index contributed by atoms with van der Waals surface area (Å²) in [6.45, 7) is 6.73. The summed E-state index contributed by atoms with van der Waals surface area (Å²) >= 11 is 2.06. The Hall–Kier alpha value is -1.16. The van der Waals surface area contributed by atoms with Crippen LogP contribution >= 0.6 is 11.8 Å². The molecular formula is C16H23N3S. The number of benzene rings is 1. The summed E-state index contributed by atoms with van der Waals surface area (Å²) in [7, 11) is 0. The van der Waals surface area contributed by atoms with Gasteiger partial charge in [0, 0.05) is 17.1 Å². The Bertz CT molecular complexity index is 618. The zero-order chi connectivity index (χ0) is 14.3. The zero-order valence-corrected chi connectivity index (χ0v) is 13.3. The van der Waals surface area contributed by atoms with Gasteiger partial charge in [0.15, 0.2) is 0 Å². The van der Waals surface area contributed by atoms with E-state index in [2.05, 4.69) is 43.2 Å². The molecule has 2 aromatic rings. The van der Waals surface area contributed by atoms with Gasteiger partial charge in [0.25, 0.3) is 0 Å². The Morgan fingerprint density at radius 3 is 2.60 bits per heavy atom. The number of hydrogen-bond donors (Lipinski definition) is 1. The van der Waals surface area contributed by atoms with E-state index in [4.69, 9.17) is 10.7 Å². The maximum Gasteiger partial charge on any atom is 0.115 e. The molecule has 0 saturated carbocycles. The van der Waals surface area contributed by atoms with Gasteiger partial charge in [-0.15, -0.1) is 0 Å². The van der Waals surface area contributed by atoms with Gasteiger partial charge in [0.2, 0.25) is 0 Å². The molecule has 1 saturated heterocycles. The topological polar surface area (TPSA) is 43.8 Å². The van der Waals surface area contributed by atoms with Gasteiger partial charge < -0.3 is 10.3 Å². The number of hydrogen-bond acceptors (Lipinski definition) is 3. The summed E-state index contributed by atoms with van der Waals surface area (Å²) < 4.78 is 2.48. The van der Waals surface area contributed by atoms with E-state index in [1.807, 2.05) is 12.1 Å². The van der Waals surface area contributed by atoms with E-state index in [0.717, 1.165) is 11.2 Å². The number of fused-ring (bicyclic) bond motifs is 1. The second-order valence-corrected chi connectivity index (χ2v) is 7.87. The SMILES string of the molecule is CC(C)(C)c1nc2cc(N)ccc2n1C1CCSCC1. The fourth-order valence-electron chi connectivity index (χ4n) is 2.96. The third-order valence-corrected chi connectivity index (χ3v) is 4.99. The van der Waals surface area contributed by atoms with Gasteiger partial charge >= 0.3 is 0 Å². The molecule has 108 valence electrons. The molecule has 1 aliphatic rings. The highest BCUT2D eigenvalue weighted by molar-refractivity contribution is 7.99. The first-order chi connectivity index (χ1) is 9.47. The molecule has 3 nitrogen and oxygen atoms in total. The maximum absolute atomic E-state index is 5.92. The Kier molecular flexibility index (Phi) is 3.44. The quantitative estimate of drug-likeness (QED) is 0.807. The molecule has 1 aromatic heterocycles. The van der Waals surface area contributed by atoms with Crippen LogP contribution in [0, 0.1) is 0 Å². The summed E-state index contributed by atoms with van der Waals surface area (Å²) in [5, 5.41) is 0. The van der Waals surface area contributed by atoms with Crippen molar-refractivity contribution in [3.63, 3.8) is 0 Å². The Balaban J connectivity index is 2.20. The van der Waals surface area contributed by atoms with Crippen LogP contribution in [0.25, 0.3) is 11.0 Å². The number of nitrogens with zero attached hydrogens (tertiary/aromatic N) is 2. The third kappa shape index (κ3) is 2.41. The molecule has 0 atom stereocenters. The number of imidazole rings is 1. The van der Waals surface area contributed by atoms with Crippen molar-refractivity contribution < 1.29 is 0 Å². The summed E-state index contributed by atoms with van der Waals surface area (Å²) in [5.41, 5.74) is 9.04. The molecule has 0 bridgehead atoms. The van der Waals surface area contributed by atoms with E-state index in [1.165, 1.54) is 35.7 Å². The van der Waals surface area contributed by atoms with Crippen LogP contribution in [0.2, 0.25) is 0 Å². The average Bonchev–Trinajstić information content (AvgIpc) is 2.78. The second kappa shape index (κ2) is 4.99. The number of rotatable bonds is 1. The van der Waals surface area contributed by atoms with Crippen molar-refractivity contribution in [1.29, 1.82) is 0 Å². The van der Waals surface area contributed by atoms with Crippen molar-refractivity contribution in [3.8, 4) is 0 Å². The molecule has 3 rings (SSSR count). The molecule has 0 spiro atoms. The first-order valence-electron chi connectivity index (χ1n) is 7.32. The lowest BCUT2D eigenvalue weighted by atomic mass is 9.95. The molecule has 2 N–H and O–H groups in total. The van der Waals surface area contributed by atoms with Crippen molar-refractivity contribution in [2.24, 2.45) is 0 Å². The molecule has 0 amide bonds. The van der Waals surface area contributed by atoms with Gasteiger partial charge in [-0.25, -0.2) is 4.98 Å². The van der Waals surface area contributed by atoms with E-state index in [9.17, 15) is 0 Å². The van der Waals surface area contributed by atoms with Crippen LogP contribution in [0.5, 0.6) is 0 Å². The minimum atomic E-state index is 0.0539. The Labute approximate surface area is 124 Å². The smallest absolute Gasteiger partial charge is 0.115 e. The first kappa shape index (κ1) is 13.8. The summed E-state index contributed by atoms with van der Waals surface area (Å²) in [6, 6.07) is 6.71. The van der Waals surface area contributed by atoms with Crippen LogP contribution in [0.15, 0.2) is 18.2 Å². The van der Waals surface area contributed by atoms with Crippen molar-refractivity contribution in [2.75, 3.05) is 17.2 Å². The molecule has 1 fully saturated rings. The molecule has 2 heterocycles.